The van der Waals surface area contributed by atoms with Crippen LogP contribution in [0.3, 0.4) is 0 Å². The molecule has 2 amide bonds. The number of hydrogen-bond acceptors (Lipinski definition) is 4. The van der Waals surface area contributed by atoms with E-state index in [9.17, 15) is 14.4 Å². The third-order valence-electron chi connectivity index (χ3n) is 3.72. The van der Waals surface area contributed by atoms with Crippen molar-refractivity contribution in [3.63, 3.8) is 0 Å². The molecule has 2 rings (SSSR count). The molecule has 21 heavy (non-hydrogen) atoms. The van der Waals surface area contributed by atoms with Crippen molar-refractivity contribution < 1.29 is 19.1 Å². The Morgan fingerprint density at radius 2 is 1.81 bits per heavy atom. The average molecular weight is 290 g/mol. The number of primary amides is 1. The van der Waals surface area contributed by atoms with Crippen LogP contribution >= 0.6 is 0 Å². The highest BCUT2D eigenvalue weighted by Crippen LogP contribution is 2.19. The van der Waals surface area contributed by atoms with Crippen LogP contribution in [0, 0.1) is 5.92 Å². The lowest BCUT2D eigenvalue weighted by Gasteiger charge is -2.30. The highest BCUT2D eigenvalue weighted by Gasteiger charge is 2.26. The van der Waals surface area contributed by atoms with E-state index in [1.807, 2.05) is 0 Å². The highest BCUT2D eigenvalue weighted by molar-refractivity contribution is 5.98. The zero-order valence-electron chi connectivity index (χ0n) is 11.9. The van der Waals surface area contributed by atoms with Crippen LogP contribution in [0.4, 0.5) is 0 Å². The summed E-state index contributed by atoms with van der Waals surface area (Å²) in [5.41, 5.74) is 6.06. The lowest BCUT2D eigenvalue weighted by Crippen LogP contribution is -2.41. The lowest BCUT2D eigenvalue weighted by atomic mass is 9.95. The smallest absolute Gasteiger partial charge is 0.337 e. The van der Waals surface area contributed by atoms with E-state index in [4.69, 9.17) is 5.73 Å². The minimum atomic E-state index is -0.475. The Kier molecular flexibility index (Phi) is 4.57. The van der Waals surface area contributed by atoms with Crippen LogP contribution in [0.2, 0.25) is 0 Å². The Hall–Kier alpha value is -2.37. The normalized spacial score (nSPS) is 15.6. The molecule has 0 aromatic heterocycles. The van der Waals surface area contributed by atoms with Gasteiger partial charge in [0.1, 0.15) is 0 Å². The predicted octanol–water partition coefficient (Wildman–Crippen LogP) is 0.811. The number of methoxy groups -OCH3 is 1. The van der Waals surface area contributed by atoms with Gasteiger partial charge in [0.05, 0.1) is 12.7 Å². The van der Waals surface area contributed by atoms with E-state index in [0.717, 1.165) is 0 Å². The van der Waals surface area contributed by atoms with Crippen molar-refractivity contribution in [3.8, 4) is 0 Å². The van der Waals surface area contributed by atoms with Crippen LogP contribution in [0.15, 0.2) is 24.3 Å². The van der Waals surface area contributed by atoms with Crippen molar-refractivity contribution in [1.82, 2.24) is 4.90 Å². The number of likely N-dealkylation sites (tertiary alicyclic amines) is 1. The van der Waals surface area contributed by atoms with Crippen LogP contribution in [0.5, 0.6) is 0 Å². The Morgan fingerprint density at radius 3 is 2.38 bits per heavy atom. The number of ether oxygens (including phenoxy) is 1. The first-order chi connectivity index (χ1) is 10.0. The summed E-state index contributed by atoms with van der Waals surface area (Å²) >= 11 is 0. The summed E-state index contributed by atoms with van der Waals surface area (Å²) in [6.45, 7) is 0.990. The van der Waals surface area contributed by atoms with Gasteiger partial charge in [0.2, 0.25) is 5.91 Å². The van der Waals surface area contributed by atoms with E-state index in [1.165, 1.54) is 13.2 Å². The molecule has 0 spiro atoms. The average Bonchev–Trinajstić information content (AvgIpc) is 2.53. The Bertz CT molecular complexity index is 563. The predicted molar refractivity (Wildman–Crippen MR) is 75.6 cm³/mol. The number of carbonyl (C=O) groups excluding carboxylic acids is 3. The van der Waals surface area contributed by atoms with Gasteiger partial charge >= 0.3 is 5.97 Å². The molecule has 1 saturated heterocycles. The summed E-state index contributed by atoms with van der Waals surface area (Å²) in [5.74, 6) is -1.09. The van der Waals surface area contributed by atoms with Gasteiger partial charge in [-0.15, -0.1) is 0 Å². The van der Waals surface area contributed by atoms with Gasteiger partial charge in [-0.2, -0.15) is 0 Å². The van der Waals surface area contributed by atoms with E-state index in [-0.39, 0.29) is 17.7 Å². The van der Waals surface area contributed by atoms with Gasteiger partial charge in [0.25, 0.3) is 5.91 Å². The van der Waals surface area contributed by atoms with Crippen LogP contribution in [-0.2, 0) is 9.53 Å². The van der Waals surface area contributed by atoms with Gasteiger partial charge in [-0.1, -0.05) is 6.07 Å². The minimum Gasteiger partial charge on any atom is -0.465 e. The Balaban J connectivity index is 2.07. The number of esters is 1. The van der Waals surface area contributed by atoms with Crippen molar-refractivity contribution in [2.75, 3.05) is 20.2 Å². The first-order valence-corrected chi connectivity index (χ1v) is 6.80. The zero-order chi connectivity index (χ0) is 15.4. The number of benzene rings is 1. The van der Waals surface area contributed by atoms with E-state index >= 15 is 0 Å². The number of nitrogens with zero attached hydrogens (tertiary/aromatic N) is 1. The fraction of sp³-hybridized carbons (Fsp3) is 0.400. The second-order valence-corrected chi connectivity index (χ2v) is 5.04. The fourth-order valence-electron chi connectivity index (χ4n) is 2.45. The van der Waals surface area contributed by atoms with E-state index < -0.39 is 5.97 Å². The number of amides is 2. The molecule has 1 heterocycles. The molecule has 112 valence electrons. The second kappa shape index (κ2) is 6.39. The maximum Gasteiger partial charge on any atom is 0.337 e. The summed E-state index contributed by atoms with van der Waals surface area (Å²) in [7, 11) is 1.30. The van der Waals surface area contributed by atoms with Crippen molar-refractivity contribution >= 4 is 17.8 Å². The zero-order valence-corrected chi connectivity index (χ0v) is 11.9. The quantitative estimate of drug-likeness (QED) is 0.834. The fourth-order valence-corrected chi connectivity index (χ4v) is 2.45. The molecule has 1 aromatic carbocycles. The molecule has 2 N–H and O–H groups in total. The number of piperidine rings is 1. The molecule has 0 bridgehead atoms. The summed E-state index contributed by atoms with van der Waals surface area (Å²) in [6.07, 6.45) is 1.16. The van der Waals surface area contributed by atoms with E-state index in [2.05, 4.69) is 4.74 Å². The Morgan fingerprint density at radius 1 is 1.19 bits per heavy atom. The van der Waals surface area contributed by atoms with Gasteiger partial charge in [0, 0.05) is 24.6 Å². The topological polar surface area (TPSA) is 89.7 Å². The third kappa shape index (κ3) is 3.39. The van der Waals surface area contributed by atoms with Crippen molar-refractivity contribution in [3.05, 3.63) is 35.4 Å². The summed E-state index contributed by atoms with van der Waals surface area (Å²) < 4.78 is 4.64. The molecule has 0 saturated carbocycles. The van der Waals surface area contributed by atoms with Crippen molar-refractivity contribution in [2.45, 2.75) is 12.8 Å². The largest absolute Gasteiger partial charge is 0.465 e. The maximum atomic E-state index is 12.4. The molecule has 0 unspecified atom stereocenters. The molecule has 0 aliphatic carbocycles. The number of nitrogens with two attached hydrogens (primary N) is 1. The molecular formula is C15H18N2O4. The lowest BCUT2D eigenvalue weighted by molar-refractivity contribution is -0.123. The molecule has 1 aliphatic rings. The number of hydrogen-bond donors (Lipinski definition) is 1. The molecule has 1 aromatic rings. The van der Waals surface area contributed by atoms with E-state index in [0.29, 0.717) is 37.1 Å². The van der Waals surface area contributed by atoms with Crippen LogP contribution in [-0.4, -0.2) is 42.9 Å². The number of rotatable bonds is 3. The van der Waals surface area contributed by atoms with Gasteiger partial charge in [-0.3, -0.25) is 9.59 Å². The van der Waals surface area contributed by atoms with Crippen molar-refractivity contribution in [1.29, 1.82) is 0 Å². The summed E-state index contributed by atoms with van der Waals surface area (Å²) in [5, 5.41) is 0. The van der Waals surface area contributed by atoms with Gasteiger partial charge in [-0.05, 0) is 31.0 Å². The first kappa shape index (κ1) is 15.0. The molecule has 0 atom stereocenters. The highest BCUT2D eigenvalue weighted by atomic mass is 16.5. The van der Waals surface area contributed by atoms with E-state index in [1.54, 1.807) is 23.1 Å². The SMILES string of the molecule is COC(=O)c1cccc(C(=O)N2CCC(C(N)=O)CC2)c1. The van der Waals surface area contributed by atoms with Gasteiger partial charge in [0.15, 0.2) is 0 Å². The van der Waals surface area contributed by atoms with Crippen LogP contribution in [0.25, 0.3) is 0 Å². The Labute approximate surface area is 122 Å². The summed E-state index contributed by atoms with van der Waals surface area (Å²) in [6, 6.07) is 6.43. The standard InChI is InChI=1S/C15H18N2O4/c1-21-15(20)12-4-2-3-11(9-12)14(19)17-7-5-10(6-8-17)13(16)18/h2-4,9-10H,5-8H2,1H3,(H2,16,18). The first-order valence-electron chi connectivity index (χ1n) is 6.80. The maximum absolute atomic E-state index is 12.4. The monoisotopic (exact) mass is 290 g/mol. The van der Waals surface area contributed by atoms with Crippen molar-refractivity contribution in [2.24, 2.45) is 11.7 Å². The number of carbonyl (C=O) groups is 3. The van der Waals surface area contributed by atoms with Gasteiger partial charge in [-0.25, -0.2) is 4.79 Å². The van der Waals surface area contributed by atoms with Crippen LogP contribution in [0.1, 0.15) is 33.6 Å². The van der Waals surface area contributed by atoms with Crippen LogP contribution < -0.4 is 5.73 Å². The molecular weight excluding hydrogens is 272 g/mol. The minimum absolute atomic E-state index is 0.149. The van der Waals surface area contributed by atoms with Gasteiger partial charge < -0.3 is 15.4 Å². The third-order valence-corrected chi connectivity index (χ3v) is 3.72. The second-order valence-electron chi connectivity index (χ2n) is 5.04. The molecule has 6 heteroatoms. The molecule has 6 nitrogen and oxygen atoms in total. The molecule has 1 aliphatic heterocycles. The molecule has 0 radical (unpaired) electrons. The summed E-state index contributed by atoms with van der Waals surface area (Å²) in [4.78, 5) is 36.7. The molecule has 1 fully saturated rings.